The van der Waals surface area contributed by atoms with Crippen LogP contribution in [0.25, 0.3) is 0 Å². The molecule has 0 spiro atoms. The Balaban J connectivity index is 1.94. The van der Waals surface area contributed by atoms with E-state index in [2.05, 4.69) is 52.0 Å². The van der Waals surface area contributed by atoms with Crippen molar-refractivity contribution >= 4 is 0 Å². The van der Waals surface area contributed by atoms with Crippen molar-refractivity contribution in [3.05, 3.63) is 59.7 Å². The van der Waals surface area contributed by atoms with E-state index in [4.69, 9.17) is 14.2 Å². The van der Waals surface area contributed by atoms with Crippen LogP contribution in [0.15, 0.2) is 48.5 Å². The minimum Gasteiger partial charge on any atom is -0.496 e. The zero-order valence-electron chi connectivity index (χ0n) is 17.7. The Morgan fingerprint density at radius 2 is 1.00 bits per heavy atom. The lowest BCUT2D eigenvalue weighted by Gasteiger charge is -2.36. The molecule has 0 radical (unpaired) electrons. The average molecular weight is 371 g/mol. The maximum Gasteiger partial charge on any atom is 0.122 e. The Bertz CT molecular complexity index is 658. The van der Waals surface area contributed by atoms with Gasteiger partial charge in [0.25, 0.3) is 0 Å². The van der Waals surface area contributed by atoms with Crippen LogP contribution in [0.2, 0.25) is 0 Å². The summed E-state index contributed by atoms with van der Waals surface area (Å²) in [6, 6.07) is 16.4. The molecule has 0 fully saturated rings. The first kappa shape index (κ1) is 21.3. The van der Waals surface area contributed by atoms with E-state index in [0.717, 1.165) is 37.2 Å². The first-order valence-electron chi connectivity index (χ1n) is 9.70. The summed E-state index contributed by atoms with van der Waals surface area (Å²) in [5, 5.41) is 0. The van der Waals surface area contributed by atoms with Gasteiger partial charge in [-0.05, 0) is 76.6 Å². The molecule has 0 saturated carbocycles. The zero-order chi connectivity index (χ0) is 19.9. The molecule has 0 N–H and O–H groups in total. The highest BCUT2D eigenvalue weighted by Gasteiger charge is 2.29. The van der Waals surface area contributed by atoms with Gasteiger partial charge in [-0.1, -0.05) is 36.4 Å². The average Bonchev–Trinajstić information content (AvgIpc) is 2.64. The summed E-state index contributed by atoms with van der Waals surface area (Å²) in [6.45, 7) is 8.70. The fraction of sp³-hybridized carbons (Fsp3) is 0.500. The number of methoxy groups -OCH3 is 2. The summed E-state index contributed by atoms with van der Waals surface area (Å²) in [4.78, 5) is 0. The van der Waals surface area contributed by atoms with Crippen molar-refractivity contribution < 1.29 is 14.2 Å². The molecular formula is C24H34O3. The minimum atomic E-state index is -0.217. The molecule has 0 amide bonds. The summed E-state index contributed by atoms with van der Waals surface area (Å²) in [6.07, 6.45) is 3.73. The van der Waals surface area contributed by atoms with E-state index >= 15 is 0 Å². The predicted octanol–water partition coefficient (Wildman–Crippen LogP) is 5.84. The second-order valence-electron chi connectivity index (χ2n) is 8.25. The van der Waals surface area contributed by atoms with Gasteiger partial charge in [0.1, 0.15) is 11.5 Å². The lowest BCUT2D eigenvalue weighted by atomic mass is 9.93. The standard InChI is InChI=1S/C24H34O3/c1-23(2,17-15-19-11-7-9-13-21(19)25-5)27-24(3,4)18-16-20-12-8-10-14-22(20)26-6/h7-14H,15-18H2,1-6H3. The molecule has 2 rings (SSSR count). The van der Waals surface area contributed by atoms with Gasteiger partial charge < -0.3 is 14.2 Å². The molecule has 0 aliphatic rings. The SMILES string of the molecule is COc1ccccc1CCC(C)(C)OC(C)(C)CCc1ccccc1OC. The van der Waals surface area contributed by atoms with Crippen LogP contribution in [0.1, 0.15) is 51.7 Å². The Morgan fingerprint density at radius 1 is 0.630 bits per heavy atom. The van der Waals surface area contributed by atoms with E-state index in [1.807, 2.05) is 24.3 Å². The van der Waals surface area contributed by atoms with Crippen LogP contribution >= 0.6 is 0 Å². The maximum absolute atomic E-state index is 6.53. The van der Waals surface area contributed by atoms with Crippen LogP contribution < -0.4 is 9.47 Å². The lowest BCUT2D eigenvalue weighted by Crippen LogP contribution is -2.37. The molecule has 0 heterocycles. The molecule has 148 valence electrons. The molecule has 0 aliphatic carbocycles. The summed E-state index contributed by atoms with van der Waals surface area (Å²) in [5.41, 5.74) is 2.02. The third-order valence-corrected chi connectivity index (χ3v) is 4.93. The Labute approximate surface area is 164 Å². The highest BCUT2D eigenvalue weighted by atomic mass is 16.5. The molecule has 0 aliphatic heterocycles. The van der Waals surface area contributed by atoms with Gasteiger partial charge in [-0.25, -0.2) is 0 Å². The third-order valence-electron chi connectivity index (χ3n) is 4.93. The van der Waals surface area contributed by atoms with Crippen LogP contribution in [-0.4, -0.2) is 25.4 Å². The molecule has 0 aromatic heterocycles. The minimum absolute atomic E-state index is 0.217. The molecule has 0 unspecified atom stereocenters. The van der Waals surface area contributed by atoms with E-state index in [1.165, 1.54) is 11.1 Å². The van der Waals surface area contributed by atoms with Crippen LogP contribution in [-0.2, 0) is 17.6 Å². The van der Waals surface area contributed by atoms with Crippen molar-refractivity contribution in [2.45, 2.75) is 64.6 Å². The molecular weight excluding hydrogens is 336 g/mol. The van der Waals surface area contributed by atoms with Gasteiger partial charge in [0.2, 0.25) is 0 Å². The van der Waals surface area contributed by atoms with Gasteiger partial charge in [-0.15, -0.1) is 0 Å². The fourth-order valence-electron chi connectivity index (χ4n) is 3.54. The smallest absolute Gasteiger partial charge is 0.122 e. The molecule has 0 bridgehead atoms. The number of benzene rings is 2. The highest BCUT2D eigenvalue weighted by molar-refractivity contribution is 5.34. The van der Waals surface area contributed by atoms with Gasteiger partial charge >= 0.3 is 0 Å². The monoisotopic (exact) mass is 370 g/mol. The van der Waals surface area contributed by atoms with Crippen molar-refractivity contribution in [2.75, 3.05) is 14.2 Å². The van der Waals surface area contributed by atoms with Crippen LogP contribution in [0.4, 0.5) is 0 Å². The Morgan fingerprint density at radius 3 is 1.37 bits per heavy atom. The van der Waals surface area contributed by atoms with E-state index in [-0.39, 0.29) is 11.2 Å². The largest absolute Gasteiger partial charge is 0.496 e. The molecule has 27 heavy (non-hydrogen) atoms. The van der Waals surface area contributed by atoms with Crippen molar-refractivity contribution in [3.8, 4) is 11.5 Å². The van der Waals surface area contributed by atoms with Gasteiger partial charge in [-0.2, -0.15) is 0 Å². The number of hydrogen-bond acceptors (Lipinski definition) is 3. The Kier molecular flexibility index (Phi) is 7.32. The number of aryl methyl sites for hydroxylation is 2. The predicted molar refractivity (Wildman–Crippen MR) is 112 cm³/mol. The first-order chi connectivity index (χ1) is 12.8. The third kappa shape index (κ3) is 6.59. The van der Waals surface area contributed by atoms with Gasteiger partial charge in [0, 0.05) is 0 Å². The van der Waals surface area contributed by atoms with Crippen molar-refractivity contribution in [1.82, 2.24) is 0 Å². The lowest BCUT2D eigenvalue weighted by molar-refractivity contribution is -0.128. The molecule has 0 saturated heterocycles. The number of ether oxygens (including phenoxy) is 3. The Hall–Kier alpha value is -2.00. The molecule has 2 aromatic rings. The first-order valence-corrected chi connectivity index (χ1v) is 9.70. The van der Waals surface area contributed by atoms with E-state index in [1.54, 1.807) is 14.2 Å². The van der Waals surface area contributed by atoms with Crippen LogP contribution in [0.3, 0.4) is 0 Å². The van der Waals surface area contributed by atoms with Crippen molar-refractivity contribution in [3.63, 3.8) is 0 Å². The van der Waals surface area contributed by atoms with Crippen molar-refractivity contribution in [2.24, 2.45) is 0 Å². The second-order valence-corrected chi connectivity index (χ2v) is 8.25. The van der Waals surface area contributed by atoms with Crippen LogP contribution in [0, 0.1) is 0 Å². The summed E-state index contributed by atoms with van der Waals surface area (Å²) in [5.74, 6) is 1.90. The fourth-order valence-corrected chi connectivity index (χ4v) is 3.54. The molecule has 3 heteroatoms. The normalized spacial score (nSPS) is 12.1. The topological polar surface area (TPSA) is 27.7 Å². The maximum atomic E-state index is 6.53. The molecule has 0 atom stereocenters. The number of para-hydroxylation sites is 2. The highest BCUT2D eigenvalue weighted by Crippen LogP contribution is 2.31. The summed E-state index contributed by atoms with van der Waals surface area (Å²) < 4.78 is 17.5. The summed E-state index contributed by atoms with van der Waals surface area (Å²) in [7, 11) is 3.45. The molecule has 2 aromatic carbocycles. The van der Waals surface area contributed by atoms with E-state index < -0.39 is 0 Å². The zero-order valence-corrected chi connectivity index (χ0v) is 17.7. The van der Waals surface area contributed by atoms with Gasteiger partial charge in [-0.3, -0.25) is 0 Å². The van der Waals surface area contributed by atoms with E-state index in [9.17, 15) is 0 Å². The number of rotatable bonds is 10. The summed E-state index contributed by atoms with van der Waals surface area (Å²) >= 11 is 0. The van der Waals surface area contributed by atoms with Crippen molar-refractivity contribution in [1.29, 1.82) is 0 Å². The second kappa shape index (κ2) is 9.27. The quantitative estimate of drug-likeness (QED) is 0.525. The molecule has 3 nitrogen and oxygen atoms in total. The number of hydrogen-bond donors (Lipinski definition) is 0. The van der Waals surface area contributed by atoms with E-state index in [0.29, 0.717) is 0 Å². The van der Waals surface area contributed by atoms with Gasteiger partial charge in [0.15, 0.2) is 0 Å². The van der Waals surface area contributed by atoms with Crippen LogP contribution in [0.5, 0.6) is 11.5 Å². The van der Waals surface area contributed by atoms with Gasteiger partial charge in [0.05, 0.1) is 25.4 Å².